The third-order valence-corrected chi connectivity index (χ3v) is 3.74. The van der Waals surface area contributed by atoms with Gasteiger partial charge in [-0.15, -0.1) is 5.10 Å². The first-order valence-corrected chi connectivity index (χ1v) is 6.97. The van der Waals surface area contributed by atoms with Crippen LogP contribution >= 0.6 is 11.6 Å². The number of methoxy groups -OCH3 is 1. The highest BCUT2D eigenvalue weighted by Crippen LogP contribution is 2.41. The van der Waals surface area contributed by atoms with Gasteiger partial charge in [0.2, 0.25) is 0 Å². The predicted octanol–water partition coefficient (Wildman–Crippen LogP) is 2.56. The second kappa shape index (κ2) is 5.37. The lowest BCUT2D eigenvalue weighted by Gasteiger charge is -2.10. The van der Waals surface area contributed by atoms with Crippen LogP contribution in [0.15, 0.2) is 18.2 Å². The molecule has 3 rings (SSSR count). The van der Waals surface area contributed by atoms with Crippen molar-refractivity contribution in [2.24, 2.45) is 0 Å². The topological polar surface area (TPSA) is 77.2 Å². The number of hydrogen-bond donors (Lipinski definition) is 1. The lowest BCUT2D eigenvalue weighted by Crippen LogP contribution is -2.09. The SMILES string of the molecule is COc1ccc(Cl)cc1Cn1nnc(C(=O)O)c1C1CC1. The number of carboxylic acids is 1. The minimum Gasteiger partial charge on any atom is -0.496 e. The highest BCUT2D eigenvalue weighted by Gasteiger charge is 2.33. The zero-order valence-electron chi connectivity index (χ0n) is 11.4. The first-order chi connectivity index (χ1) is 10.1. The molecule has 1 fully saturated rings. The van der Waals surface area contributed by atoms with E-state index in [0.29, 0.717) is 23.0 Å². The molecule has 0 radical (unpaired) electrons. The summed E-state index contributed by atoms with van der Waals surface area (Å²) in [6.07, 6.45) is 1.95. The molecule has 1 saturated carbocycles. The van der Waals surface area contributed by atoms with Crippen molar-refractivity contribution in [2.45, 2.75) is 25.3 Å². The lowest BCUT2D eigenvalue weighted by molar-refractivity contribution is 0.0689. The van der Waals surface area contributed by atoms with Crippen molar-refractivity contribution in [3.63, 3.8) is 0 Å². The van der Waals surface area contributed by atoms with Gasteiger partial charge in [-0.2, -0.15) is 0 Å². The van der Waals surface area contributed by atoms with Gasteiger partial charge < -0.3 is 9.84 Å². The molecule has 7 heteroatoms. The van der Waals surface area contributed by atoms with E-state index in [1.165, 1.54) is 0 Å². The largest absolute Gasteiger partial charge is 0.496 e. The summed E-state index contributed by atoms with van der Waals surface area (Å²) < 4.78 is 6.94. The van der Waals surface area contributed by atoms with Crippen LogP contribution in [0.25, 0.3) is 0 Å². The molecule has 1 aliphatic carbocycles. The summed E-state index contributed by atoms with van der Waals surface area (Å²) >= 11 is 6.02. The monoisotopic (exact) mass is 307 g/mol. The van der Waals surface area contributed by atoms with E-state index in [9.17, 15) is 9.90 Å². The van der Waals surface area contributed by atoms with E-state index in [1.54, 1.807) is 30.0 Å². The van der Waals surface area contributed by atoms with Crippen LogP contribution in [-0.4, -0.2) is 33.2 Å². The Morgan fingerprint density at radius 1 is 1.52 bits per heavy atom. The van der Waals surface area contributed by atoms with E-state index in [1.807, 2.05) is 0 Å². The van der Waals surface area contributed by atoms with Gasteiger partial charge in [-0.3, -0.25) is 0 Å². The Kier molecular flexibility index (Phi) is 3.55. The molecule has 0 unspecified atom stereocenters. The summed E-state index contributed by atoms with van der Waals surface area (Å²) in [5, 5.41) is 17.6. The van der Waals surface area contributed by atoms with Gasteiger partial charge in [-0.25, -0.2) is 9.48 Å². The Morgan fingerprint density at radius 3 is 2.90 bits per heavy atom. The van der Waals surface area contributed by atoms with Crippen LogP contribution in [0.4, 0.5) is 0 Å². The van der Waals surface area contributed by atoms with E-state index < -0.39 is 5.97 Å². The molecule has 6 nitrogen and oxygen atoms in total. The molecule has 0 atom stereocenters. The Balaban J connectivity index is 1.99. The normalized spacial score (nSPS) is 14.2. The number of carbonyl (C=O) groups is 1. The molecule has 1 aromatic heterocycles. The average molecular weight is 308 g/mol. The van der Waals surface area contributed by atoms with Crippen LogP contribution in [0.3, 0.4) is 0 Å². The summed E-state index contributed by atoms with van der Waals surface area (Å²) in [4.78, 5) is 11.2. The molecule has 110 valence electrons. The quantitative estimate of drug-likeness (QED) is 0.918. The minimum atomic E-state index is -1.04. The van der Waals surface area contributed by atoms with E-state index in [4.69, 9.17) is 16.3 Å². The number of nitrogens with zero attached hydrogens (tertiary/aromatic N) is 3. The van der Waals surface area contributed by atoms with Crippen molar-refractivity contribution in [2.75, 3.05) is 7.11 Å². The maximum Gasteiger partial charge on any atom is 0.358 e. The van der Waals surface area contributed by atoms with Gasteiger partial charge in [0, 0.05) is 16.5 Å². The van der Waals surface area contributed by atoms with Crippen LogP contribution in [0.5, 0.6) is 5.75 Å². The average Bonchev–Trinajstić information content (AvgIpc) is 3.20. The van der Waals surface area contributed by atoms with Gasteiger partial charge in [0.15, 0.2) is 5.69 Å². The first-order valence-electron chi connectivity index (χ1n) is 6.59. The molecule has 1 heterocycles. The van der Waals surface area contributed by atoms with Crippen molar-refractivity contribution < 1.29 is 14.6 Å². The number of benzene rings is 1. The van der Waals surface area contributed by atoms with Crippen LogP contribution in [0.2, 0.25) is 5.02 Å². The summed E-state index contributed by atoms with van der Waals surface area (Å²) in [5.74, 6) is -0.119. The molecule has 0 aliphatic heterocycles. The summed E-state index contributed by atoms with van der Waals surface area (Å²) in [6.45, 7) is 0.385. The summed E-state index contributed by atoms with van der Waals surface area (Å²) in [6, 6.07) is 5.32. The Labute approximate surface area is 126 Å². The van der Waals surface area contributed by atoms with Crippen molar-refractivity contribution >= 4 is 17.6 Å². The van der Waals surface area contributed by atoms with Crippen molar-refractivity contribution in [1.82, 2.24) is 15.0 Å². The van der Waals surface area contributed by atoms with Gasteiger partial charge >= 0.3 is 5.97 Å². The predicted molar refractivity (Wildman–Crippen MR) is 76.1 cm³/mol. The van der Waals surface area contributed by atoms with Gasteiger partial charge in [-0.05, 0) is 31.0 Å². The molecular weight excluding hydrogens is 294 g/mol. The molecule has 0 amide bonds. The standard InChI is InChI=1S/C14H14ClN3O3/c1-21-11-5-4-10(15)6-9(11)7-18-13(8-2-3-8)12(14(19)20)16-17-18/h4-6,8H,2-3,7H2,1H3,(H,19,20). The molecule has 1 N–H and O–H groups in total. The zero-order valence-corrected chi connectivity index (χ0v) is 12.2. The van der Waals surface area contributed by atoms with Crippen LogP contribution < -0.4 is 4.74 Å². The Hall–Kier alpha value is -2.08. The van der Waals surface area contributed by atoms with Crippen molar-refractivity contribution in [3.05, 3.63) is 40.2 Å². The Bertz CT molecular complexity index is 695. The highest BCUT2D eigenvalue weighted by molar-refractivity contribution is 6.30. The molecule has 0 saturated heterocycles. The highest BCUT2D eigenvalue weighted by atomic mass is 35.5. The minimum absolute atomic E-state index is 0.0403. The smallest absolute Gasteiger partial charge is 0.358 e. The number of ether oxygens (including phenoxy) is 1. The van der Waals surface area contributed by atoms with Gasteiger partial charge in [0.25, 0.3) is 0 Å². The van der Waals surface area contributed by atoms with Gasteiger partial charge in [-0.1, -0.05) is 16.8 Å². The lowest BCUT2D eigenvalue weighted by atomic mass is 10.1. The second-order valence-corrected chi connectivity index (χ2v) is 5.45. The summed E-state index contributed by atoms with van der Waals surface area (Å²) in [7, 11) is 1.58. The number of rotatable bonds is 5. The van der Waals surface area contributed by atoms with Crippen molar-refractivity contribution in [3.8, 4) is 5.75 Å². The zero-order chi connectivity index (χ0) is 15.0. The van der Waals surface area contributed by atoms with Crippen molar-refractivity contribution in [1.29, 1.82) is 0 Å². The van der Waals surface area contributed by atoms with Crippen LogP contribution in [0.1, 0.15) is 40.5 Å². The van der Waals surface area contributed by atoms with Gasteiger partial charge in [0.1, 0.15) is 5.75 Å². The number of aromatic nitrogens is 3. The fraction of sp³-hybridized carbons (Fsp3) is 0.357. The summed E-state index contributed by atoms with van der Waals surface area (Å²) in [5.41, 5.74) is 1.57. The number of aromatic carboxylic acids is 1. The van der Waals surface area contributed by atoms with Gasteiger partial charge in [0.05, 0.1) is 19.3 Å². The third-order valence-electron chi connectivity index (χ3n) is 3.50. The first kappa shape index (κ1) is 13.9. The maximum atomic E-state index is 11.2. The second-order valence-electron chi connectivity index (χ2n) is 5.02. The molecule has 21 heavy (non-hydrogen) atoms. The number of halogens is 1. The maximum absolute atomic E-state index is 11.2. The molecule has 1 aliphatic rings. The molecule has 0 spiro atoms. The van der Waals surface area contributed by atoms with Crippen LogP contribution in [0, 0.1) is 0 Å². The van der Waals surface area contributed by atoms with E-state index in [2.05, 4.69) is 10.3 Å². The number of carboxylic acid groups (broad SMARTS) is 1. The van der Waals surface area contributed by atoms with E-state index in [-0.39, 0.29) is 11.6 Å². The van der Waals surface area contributed by atoms with Crippen LogP contribution in [-0.2, 0) is 6.54 Å². The van der Waals surface area contributed by atoms with E-state index >= 15 is 0 Å². The fourth-order valence-corrected chi connectivity index (χ4v) is 2.58. The Morgan fingerprint density at radius 2 is 2.29 bits per heavy atom. The molecule has 1 aromatic carbocycles. The molecular formula is C14H14ClN3O3. The fourth-order valence-electron chi connectivity index (χ4n) is 2.38. The third kappa shape index (κ3) is 2.71. The van der Waals surface area contributed by atoms with E-state index in [0.717, 1.165) is 18.4 Å². The number of hydrogen-bond acceptors (Lipinski definition) is 4. The molecule has 0 bridgehead atoms. The molecule has 2 aromatic rings.